The van der Waals surface area contributed by atoms with Gasteiger partial charge in [-0.2, -0.15) is 0 Å². The molecule has 0 aliphatic heterocycles. The number of benzene rings is 4. The fourth-order valence-electron chi connectivity index (χ4n) is 5.52. The van der Waals surface area contributed by atoms with E-state index in [1.807, 2.05) is 47.6 Å². The average Bonchev–Trinajstić information content (AvgIpc) is 3.43. The third-order valence-corrected chi connectivity index (χ3v) is 10.8. The molecule has 0 aliphatic carbocycles. The van der Waals surface area contributed by atoms with E-state index in [-0.39, 0.29) is 42.5 Å². The second kappa shape index (κ2) is 14.3. The van der Waals surface area contributed by atoms with E-state index in [0.29, 0.717) is 0 Å². The summed E-state index contributed by atoms with van der Waals surface area (Å²) < 4.78 is 1.24. The number of hydrogen-bond donors (Lipinski definition) is 1. The molecule has 235 valence electrons. The molecule has 0 bridgehead atoms. The van der Waals surface area contributed by atoms with Gasteiger partial charge in [0.25, 0.3) is 0 Å². The number of thiophene rings is 1. The molecule has 0 amide bonds. The molecule has 0 spiro atoms. The third kappa shape index (κ3) is 6.74. The first kappa shape index (κ1) is 34.4. The smallest absolute Gasteiger partial charge is 0.164 e. The summed E-state index contributed by atoms with van der Waals surface area (Å²) >= 11 is 1.73. The number of hydrogen-bond acceptors (Lipinski definition) is 5. The maximum atomic E-state index is 12.2. The minimum absolute atomic E-state index is 0. The summed E-state index contributed by atoms with van der Waals surface area (Å²) in [6, 6.07) is 28.9. The molecule has 0 fully saturated rings. The van der Waals surface area contributed by atoms with Crippen LogP contribution in [0.1, 0.15) is 67.2 Å². The van der Waals surface area contributed by atoms with Crippen molar-refractivity contribution in [3.63, 3.8) is 0 Å². The van der Waals surface area contributed by atoms with Crippen LogP contribution in [-0.2, 0) is 24.9 Å². The molecule has 6 rings (SSSR count). The van der Waals surface area contributed by atoms with Crippen LogP contribution in [0.25, 0.3) is 53.1 Å². The van der Waals surface area contributed by atoms with E-state index in [4.69, 9.17) is 4.98 Å². The van der Waals surface area contributed by atoms with Crippen molar-refractivity contribution in [3.8, 4) is 11.3 Å². The van der Waals surface area contributed by atoms with E-state index in [9.17, 15) is 9.90 Å². The fourth-order valence-corrected chi connectivity index (χ4v) is 6.60. The average molecular weight is 794 g/mol. The molecule has 4 nitrogen and oxygen atoms in total. The molecule has 1 radical (unpaired) electrons. The predicted molar refractivity (Wildman–Crippen MR) is 187 cm³/mol. The summed E-state index contributed by atoms with van der Waals surface area (Å²) in [5.74, 6) is 0.286. The van der Waals surface area contributed by atoms with Crippen LogP contribution in [0, 0.1) is 16.9 Å². The molecular formula is C39H41IrN2O2S-. The number of nitrogens with zero attached hydrogens (tertiary/aromatic N) is 2. The topological polar surface area (TPSA) is 63.1 Å². The van der Waals surface area contributed by atoms with Gasteiger partial charge in [-0.25, -0.2) is 4.98 Å². The molecule has 0 unspecified atom stereocenters. The van der Waals surface area contributed by atoms with Gasteiger partial charge in [-0.05, 0) is 54.0 Å². The number of fused-ring (bicyclic) bond motifs is 5. The van der Waals surface area contributed by atoms with Crippen LogP contribution in [0.3, 0.4) is 0 Å². The van der Waals surface area contributed by atoms with E-state index >= 15 is 0 Å². The number of carbonyl (C=O) groups excluding carboxylic acids is 1. The zero-order chi connectivity index (χ0) is 31.5. The molecule has 0 aliphatic rings. The van der Waals surface area contributed by atoms with Crippen LogP contribution in [0.5, 0.6) is 0 Å². The van der Waals surface area contributed by atoms with Crippen molar-refractivity contribution in [1.29, 1.82) is 0 Å². The number of aliphatic hydroxyl groups excluding tert-OH is 1. The molecule has 4 aromatic carbocycles. The minimum atomic E-state index is -0.337. The third-order valence-electron chi connectivity index (χ3n) is 9.70. The Morgan fingerprint density at radius 3 is 2.07 bits per heavy atom. The summed E-state index contributed by atoms with van der Waals surface area (Å²) in [7, 11) is 0. The van der Waals surface area contributed by atoms with Gasteiger partial charge in [0.1, 0.15) is 16.9 Å². The monoisotopic (exact) mass is 794 g/mol. The van der Waals surface area contributed by atoms with Gasteiger partial charge in [-0.1, -0.05) is 95.5 Å². The normalized spacial score (nSPS) is 12.3. The molecule has 6 aromatic rings. The molecule has 2 heterocycles. The number of aliphatic hydroxyl groups is 1. The number of rotatable bonds is 8. The molecule has 6 heteroatoms. The van der Waals surface area contributed by atoms with E-state index < -0.39 is 0 Å². The van der Waals surface area contributed by atoms with E-state index in [1.165, 1.54) is 37.7 Å². The van der Waals surface area contributed by atoms with Crippen LogP contribution in [0.4, 0.5) is 0 Å². The Labute approximate surface area is 284 Å². The van der Waals surface area contributed by atoms with Gasteiger partial charge >= 0.3 is 0 Å². The number of carbonyl (C=O) groups is 1. The molecule has 0 atom stereocenters. The number of aromatic nitrogens is 2. The van der Waals surface area contributed by atoms with Crippen LogP contribution in [0.15, 0.2) is 91.0 Å². The molecule has 45 heavy (non-hydrogen) atoms. The Kier molecular flexibility index (Phi) is 11.0. The second-order valence-corrected chi connectivity index (χ2v) is 13.1. The van der Waals surface area contributed by atoms with Gasteiger partial charge in [-0.3, -0.25) is 9.78 Å². The van der Waals surface area contributed by atoms with Crippen molar-refractivity contribution in [2.45, 2.75) is 67.2 Å². The zero-order valence-corrected chi connectivity index (χ0v) is 30.1. The van der Waals surface area contributed by atoms with Gasteiger partial charge in [0.15, 0.2) is 5.78 Å². The minimum Gasteiger partial charge on any atom is -0.512 e. The SMILES string of the molecule is CCC(C)(CC)C(=O)/C=C(\O)C(C)(CC)CC.[Ir].[c-]1ccc2ccccc2c1-c1ncnc2sc3cc4ccccc4cc3c12. The van der Waals surface area contributed by atoms with Gasteiger partial charge in [-0.15, -0.1) is 40.5 Å². The van der Waals surface area contributed by atoms with Gasteiger partial charge in [0.05, 0.1) is 0 Å². The van der Waals surface area contributed by atoms with E-state index in [1.54, 1.807) is 17.7 Å². The van der Waals surface area contributed by atoms with E-state index in [2.05, 4.69) is 77.8 Å². The van der Waals surface area contributed by atoms with Crippen LogP contribution < -0.4 is 0 Å². The van der Waals surface area contributed by atoms with Crippen LogP contribution in [-0.4, -0.2) is 20.9 Å². The maximum Gasteiger partial charge on any atom is 0.164 e. The number of allylic oxidation sites excluding steroid dienone is 2. The van der Waals surface area contributed by atoms with Gasteiger partial charge < -0.3 is 5.11 Å². The molecular weight excluding hydrogens is 753 g/mol. The Morgan fingerprint density at radius 2 is 1.42 bits per heavy atom. The number of ketones is 1. The zero-order valence-electron chi connectivity index (χ0n) is 26.9. The Bertz CT molecular complexity index is 1980. The summed E-state index contributed by atoms with van der Waals surface area (Å²) in [6.07, 6.45) is 6.42. The quantitative estimate of drug-likeness (QED) is 0.0947. The largest absolute Gasteiger partial charge is 0.512 e. The Morgan fingerprint density at radius 1 is 0.822 bits per heavy atom. The molecule has 2 aromatic heterocycles. The van der Waals surface area contributed by atoms with Crippen molar-refractivity contribution < 1.29 is 30.0 Å². The fraction of sp³-hybridized carbons (Fsp3) is 0.308. The summed E-state index contributed by atoms with van der Waals surface area (Å²) in [4.78, 5) is 22.5. The Balaban J connectivity index is 0.000000226. The van der Waals surface area contributed by atoms with Crippen LogP contribution in [0.2, 0.25) is 0 Å². The molecule has 0 saturated heterocycles. The predicted octanol–water partition coefficient (Wildman–Crippen LogP) is 11.3. The standard InChI is InChI=1S/C24H13N2S.C15H28O2.Ir/c1-2-8-17-13-21-20(12-16(17)7-1)22-23(25-14-26-24(22)27-21)19-11-5-9-15-6-3-4-10-18(15)19;1-7-14(5,8-2)12(16)11-13(17)15(6,9-3)10-4;/h1-10,12-14H;11,16H,7-10H2,1-6H3;/q-1;;/b;12-11-;. The first-order chi connectivity index (χ1) is 21.2. The molecule has 0 saturated carbocycles. The van der Waals surface area contributed by atoms with Crippen LogP contribution >= 0.6 is 11.3 Å². The summed E-state index contributed by atoms with van der Waals surface area (Å²) in [5, 5.41) is 17.3. The summed E-state index contributed by atoms with van der Waals surface area (Å²) in [6.45, 7) is 12.1. The summed E-state index contributed by atoms with van der Waals surface area (Å²) in [5.41, 5.74) is 1.39. The maximum absolute atomic E-state index is 12.2. The van der Waals surface area contributed by atoms with Gasteiger partial charge in [0.2, 0.25) is 0 Å². The van der Waals surface area contributed by atoms with Crippen molar-refractivity contribution in [3.05, 3.63) is 97.0 Å². The second-order valence-electron chi connectivity index (χ2n) is 12.1. The Hall–Kier alpha value is -3.44. The van der Waals surface area contributed by atoms with Crippen molar-refractivity contribution in [2.75, 3.05) is 0 Å². The van der Waals surface area contributed by atoms with E-state index in [0.717, 1.165) is 47.2 Å². The van der Waals surface area contributed by atoms with Crippen molar-refractivity contribution in [1.82, 2.24) is 9.97 Å². The first-order valence-corrected chi connectivity index (χ1v) is 16.4. The first-order valence-electron chi connectivity index (χ1n) is 15.6. The van der Waals surface area contributed by atoms with Gasteiger partial charge in [0, 0.05) is 52.8 Å². The van der Waals surface area contributed by atoms with Crippen molar-refractivity contribution >= 4 is 59.0 Å². The molecule has 1 N–H and O–H groups in total. The van der Waals surface area contributed by atoms with Crippen molar-refractivity contribution in [2.24, 2.45) is 10.8 Å².